The highest BCUT2D eigenvalue weighted by molar-refractivity contribution is 9.10. The number of amides is 1. The summed E-state index contributed by atoms with van der Waals surface area (Å²) >= 11 is 3.12. The number of nitrogens with zero attached hydrogens (tertiary/aromatic N) is 1. The van der Waals surface area contributed by atoms with Crippen LogP contribution in [0.1, 0.15) is 36.0 Å². The summed E-state index contributed by atoms with van der Waals surface area (Å²) in [6.07, 6.45) is 4.69. The SMILES string of the molecule is O=C(NC1CCN2CCCCC12)c1ccc(F)c(Br)c1. The molecule has 0 saturated carbocycles. The van der Waals surface area contributed by atoms with Crippen molar-refractivity contribution in [2.24, 2.45) is 0 Å². The molecule has 2 unspecified atom stereocenters. The average Bonchev–Trinajstić information content (AvgIpc) is 2.85. The number of carbonyl (C=O) groups is 1. The molecule has 5 heteroatoms. The Hall–Kier alpha value is -0.940. The number of carbonyl (C=O) groups excluding carboxylic acids is 1. The molecule has 2 atom stereocenters. The maximum absolute atomic E-state index is 13.2. The van der Waals surface area contributed by atoms with Crippen LogP contribution >= 0.6 is 15.9 Å². The largest absolute Gasteiger partial charge is 0.348 e. The molecule has 0 spiro atoms. The summed E-state index contributed by atoms with van der Waals surface area (Å²) in [5, 5.41) is 3.12. The van der Waals surface area contributed by atoms with E-state index in [-0.39, 0.29) is 17.8 Å². The smallest absolute Gasteiger partial charge is 0.251 e. The summed E-state index contributed by atoms with van der Waals surface area (Å²) in [5.41, 5.74) is 0.507. The van der Waals surface area contributed by atoms with E-state index in [1.54, 1.807) is 0 Å². The molecule has 1 amide bonds. The second-order valence-corrected chi connectivity index (χ2v) is 6.45. The van der Waals surface area contributed by atoms with Gasteiger partial charge in [0.1, 0.15) is 5.82 Å². The predicted octanol–water partition coefficient (Wildman–Crippen LogP) is 2.94. The van der Waals surface area contributed by atoms with Gasteiger partial charge in [0.15, 0.2) is 0 Å². The minimum absolute atomic E-state index is 0.108. The van der Waals surface area contributed by atoms with Crippen LogP contribution in [-0.2, 0) is 0 Å². The van der Waals surface area contributed by atoms with Crippen LogP contribution in [0.25, 0.3) is 0 Å². The van der Waals surface area contributed by atoms with Crippen LogP contribution in [0.15, 0.2) is 22.7 Å². The van der Waals surface area contributed by atoms with Crippen LogP contribution in [0.2, 0.25) is 0 Å². The van der Waals surface area contributed by atoms with Crippen molar-refractivity contribution in [3.63, 3.8) is 0 Å². The van der Waals surface area contributed by atoms with Crippen molar-refractivity contribution in [3.05, 3.63) is 34.1 Å². The van der Waals surface area contributed by atoms with E-state index in [1.807, 2.05) is 0 Å². The van der Waals surface area contributed by atoms with E-state index in [9.17, 15) is 9.18 Å². The molecule has 20 heavy (non-hydrogen) atoms. The topological polar surface area (TPSA) is 32.3 Å². The zero-order chi connectivity index (χ0) is 14.1. The second kappa shape index (κ2) is 5.82. The standard InChI is InChI=1S/C15H18BrFN2O/c16-11-9-10(4-5-12(11)17)15(20)18-13-6-8-19-7-2-1-3-14(13)19/h4-5,9,13-14H,1-3,6-8H2,(H,18,20). The Morgan fingerprint density at radius 2 is 2.15 bits per heavy atom. The van der Waals surface area contributed by atoms with Crippen molar-refractivity contribution < 1.29 is 9.18 Å². The number of hydrogen-bond donors (Lipinski definition) is 1. The molecular formula is C15H18BrFN2O. The van der Waals surface area contributed by atoms with Gasteiger partial charge in [-0.3, -0.25) is 9.69 Å². The molecule has 1 N–H and O–H groups in total. The highest BCUT2D eigenvalue weighted by atomic mass is 79.9. The summed E-state index contributed by atoms with van der Waals surface area (Å²) in [4.78, 5) is 14.7. The van der Waals surface area contributed by atoms with Crippen LogP contribution in [0.5, 0.6) is 0 Å². The lowest BCUT2D eigenvalue weighted by Crippen LogP contribution is -2.46. The first-order valence-electron chi connectivity index (χ1n) is 7.15. The number of piperidine rings is 1. The van der Waals surface area contributed by atoms with Gasteiger partial charge >= 0.3 is 0 Å². The van der Waals surface area contributed by atoms with Gasteiger partial charge in [0.2, 0.25) is 0 Å². The van der Waals surface area contributed by atoms with Crippen molar-refractivity contribution in [1.29, 1.82) is 0 Å². The van der Waals surface area contributed by atoms with Gasteiger partial charge in [0, 0.05) is 24.2 Å². The fourth-order valence-electron chi connectivity index (χ4n) is 3.30. The lowest BCUT2D eigenvalue weighted by molar-refractivity contribution is 0.0915. The highest BCUT2D eigenvalue weighted by Gasteiger charge is 2.36. The van der Waals surface area contributed by atoms with Gasteiger partial charge in [-0.2, -0.15) is 0 Å². The molecule has 1 aromatic carbocycles. The first-order chi connectivity index (χ1) is 9.65. The number of fused-ring (bicyclic) bond motifs is 1. The van der Waals surface area contributed by atoms with Crippen molar-refractivity contribution in [3.8, 4) is 0 Å². The molecule has 3 rings (SSSR count). The Balaban J connectivity index is 1.68. The molecule has 3 nitrogen and oxygen atoms in total. The molecule has 2 aliphatic rings. The normalized spacial score (nSPS) is 26.3. The van der Waals surface area contributed by atoms with Crippen LogP contribution in [0.4, 0.5) is 4.39 Å². The van der Waals surface area contributed by atoms with Crippen molar-refractivity contribution in [2.45, 2.75) is 37.8 Å². The molecular weight excluding hydrogens is 323 g/mol. The van der Waals surface area contributed by atoms with E-state index >= 15 is 0 Å². The quantitative estimate of drug-likeness (QED) is 0.897. The summed E-state index contributed by atoms with van der Waals surface area (Å²) in [5.74, 6) is -0.455. The van der Waals surface area contributed by atoms with Crippen LogP contribution in [0, 0.1) is 5.82 Å². The molecule has 2 aliphatic heterocycles. The minimum atomic E-state index is -0.346. The number of benzene rings is 1. The Morgan fingerprint density at radius 1 is 1.30 bits per heavy atom. The zero-order valence-electron chi connectivity index (χ0n) is 11.2. The van der Waals surface area contributed by atoms with E-state index in [0.717, 1.165) is 25.9 Å². The van der Waals surface area contributed by atoms with Gasteiger partial charge in [0.05, 0.1) is 4.47 Å². The second-order valence-electron chi connectivity index (χ2n) is 5.60. The van der Waals surface area contributed by atoms with E-state index in [4.69, 9.17) is 0 Å². The Kier molecular flexibility index (Phi) is 4.08. The summed E-state index contributed by atoms with van der Waals surface area (Å²) in [6.45, 7) is 2.22. The third-order valence-electron chi connectivity index (χ3n) is 4.35. The average molecular weight is 341 g/mol. The van der Waals surface area contributed by atoms with E-state index < -0.39 is 0 Å². The van der Waals surface area contributed by atoms with Gasteiger partial charge in [-0.25, -0.2) is 4.39 Å². The van der Waals surface area contributed by atoms with E-state index in [0.29, 0.717) is 16.1 Å². The lowest BCUT2D eigenvalue weighted by Gasteiger charge is -2.32. The molecule has 2 saturated heterocycles. The van der Waals surface area contributed by atoms with Crippen molar-refractivity contribution in [2.75, 3.05) is 13.1 Å². The first-order valence-corrected chi connectivity index (χ1v) is 7.94. The third-order valence-corrected chi connectivity index (χ3v) is 4.96. The summed E-state index contributed by atoms with van der Waals surface area (Å²) in [7, 11) is 0. The van der Waals surface area contributed by atoms with Gasteiger partial charge < -0.3 is 5.32 Å². The first kappa shape index (κ1) is 14.0. The maximum Gasteiger partial charge on any atom is 0.251 e. The Bertz CT molecular complexity index is 523. The molecule has 2 heterocycles. The molecule has 0 radical (unpaired) electrons. The molecule has 0 aliphatic carbocycles. The molecule has 0 bridgehead atoms. The maximum atomic E-state index is 13.2. The Morgan fingerprint density at radius 3 is 2.95 bits per heavy atom. The number of halogens is 2. The van der Waals surface area contributed by atoms with Crippen LogP contribution in [0.3, 0.4) is 0 Å². The third kappa shape index (κ3) is 2.74. The van der Waals surface area contributed by atoms with Gasteiger partial charge in [-0.05, 0) is 59.9 Å². The summed E-state index contributed by atoms with van der Waals surface area (Å²) < 4.78 is 13.5. The monoisotopic (exact) mass is 340 g/mol. The molecule has 2 fully saturated rings. The number of rotatable bonds is 2. The molecule has 0 aromatic heterocycles. The van der Waals surface area contributed by atoms with Crippen molar-refractivity contribution >= 4 is 21.8 Å². The number of nitrogens with one attached hydrogen (secondary N) is 1. The fraction of sp³-hybridized carbons (Fsp3) is 0.533. The van der Waals surface area contributed by atoms with Gasteiger partial charge in [-0.1, -0.05) is 6.42 Å². The predicted molar refractivity (Wildman–Crippen MR) is 79.2 cm³/mol. The van der Waals surface area contributed by atoms with Crippen molar-refractivity contribution in [1.82, 2.24) is 10.2 Å². The van der Waals surface area contributed by atoms with Gasteiger partial charge in [0.25, 0.3) is 5.91 Å². The van der Waals surface area contributed by atoms with E-state index in [1.165, 1.54) is 31.0 Å². The number of hydrogen-bond acceptors (Lipinski definition) is 2. The van der Waals surface area contributed by atoms with Crippen LogP contribution < -0.4 is 5.32 Å². The summed E-state index contributed by atoms with van der Waals surface area (Å²) in [6, 6.07) is 5.10. The highest BCUT2D eigenvalue weighted by Crippen LogP contribution is 2.27. The molecule has 1 aromatic rings. The Labute approximate surface area is 126 Å². The van der Waals surface area contributed by atoms with E-state index in [2.05, 4.69) is 26.1 Å². The fourth-order valence-corrected chi connectivity index (χ4v) is 3.68. The van der Waals surface area contributed by atoms with Crippen LogP contribution in [-0.4, -0.2) is 36.0 Å². The zero-order valence-corrected chi connectivity index (χ0v) is 12.8. The van der Waals surface area contributed by atoms with Gasteiger partial charge in [-0.15, -0.1) is 0 Å². The minimum Gasteiger partial charge on any atom is -0.348 e. The lowest BCUT2D eigenvalue weighted by atomic mass is 9.99. The molecule has 108 valence electrons.